The number of phosphoric acid groups is 3. The number of nitrogens with two attached hydrogens (primary N) is 1. The number of H-pyrrole nitrogens is 1. The van der Waals surface area contributed by atoms with Gasteiger partial charge in [0.05, 0.1) is 24.7 Å². The summed E-state index contributed by atoms with van der Waals surface area (Å²) in [6, 6.07) is 1.49. The smallest absolute Gasteiger partial charge is 0.371 e. The Morgan fingerprint density at radius 2 is 1.97 bits per heavy atom. The number of anilines is 1. The lowest BCUT2D eigenvalue weighted by Gasteiger charge is -2.21. The maximum atomic E-state index is 12.1. The van der Waals surface area contributed by atoms with E-state index in [9.17, 15) is 28.3 Å². The van der Waals surface area contributed by atoms with Crippen molar-refractivity contribution in [1.29, 1.82) is 0 Å². The summed E-state index contributed by atoms with van der Waals surface area (Å²) in [6.07, 6.45) is 0.566. The largest absolute Gasteiger partial charge is 0.490 e. The van der Waals surface area contributed by atoms with Gasteiger partial charge in [-0.05, 0) is 6.07 Å². The summed E-state index contributed by atoms with van der Waals surface area (Å²) in [4.78, 5) is 54.6. The Morgan fingerprint density at radius 3 is 2.62 bits per heavy atom. The van der Waals surface area contributed by atoms with Crippen molar-refractivity contribution in [1.82, 2.24) is 14.5 Å². The Balaban J connectivity index is 1.75. The maximum absolute atomic E-state index is 12.1. The first-order valence-corrected chi connectivity index (χ1v) is 13.7. The molecule has 2 aromatic heterocycles. The van der Waals surface area contributed by atoms with Crippen molar-refractivity contribution in [2.45, 2.75) is 24.9 Å². The van der Waals surface area contributed by atoms with Crippen LogP contribution in [0.25, 0.3) is 11.0 Å². The SMILES string of the molecule is C=CCOC1C[C@H](n2ccc3c(=O)[nH]c(N)nc32)O[C@@H]1COP(=O)(O)OP(=O)(O)OP(=O)(O)O. The zero-order valence-corrected chi connectivity index (χ0v) is 19.8. The number of hydrogen-bond acceptors (Lipinski definition) is 11. The van der Waals surface area contributed by atoms with Crippen LogP contribution in [0.5, 0.6) is 0 Å². The summed E-state index contributed by atoms with van der Waals surface area (Å²) in [5, 5.41) is 0.234. The number of phosphoric ester groups is 1. The molecule has 0 saturated carbocycles. The molecule has 0 bridgehead atoms. The lowest BCUT2D eigenvalue weighted by Crippen LogP contribution is -2.29. The summed E-state index contributed by atoms with van der Waals surface area (Å²) < 4.78 is 59.1. The number of fused-ring (bicyclic) bond motifs is 1. The molecule has 0 radical (unpaired) electrons. The molecular weight excluding hydrogens is 525 g/mol. The van der Waals surface area contributed by atoms with Crippen LogP contribution < -0.4 is 11.3 Å². The highest BCUT2D eigenvalue weighted by molar-refractivity contribution is 7.66. The van der Waals surface area contributed by atoms with E-state index in [1.165, 1.54) is 22.9 Å². The lowest BCUT2D eigenvalue weighted by molar-refractivity contribution is -0.0549. The fourth-order valence-electron chi connectivity index (χ4n) is 3.15. The summed E-state index contributed by atoms with van der Waals surface area (Å²) in [6.45, 7) is 2.89. The highest BCUT2D eigenvalue weighted by Crippen LogP contribution is 2.66. The average Bonchev–Trinajstić information content (AvgIpc) is 3.25. The van der Waals surface area contributed by atoms with Gasteiger partial charge in [-0.1, -0.05) is 6.08 Å². The van der Waals surface area contributed by atoms with Crippen molar-refractivity contribution in [3.05, 3.63) is 35.3 Å². The monoisotopic (exact) mass is 546 g/mol. The third kappa shape index (κ3) is 6.92. The second-order valence-corrected chi connectivity index (χ2v) is 11.2. The number of nitrogens with one attached hydrogen (secondary N) is 1. The highest BCUT2D eigenvalue weighted by atomic mass is 31.3. The number of aromatic nitrogens is 3. The Kier molecular flexibility index (Phi) is 7.99. The molecule has 1 fully saturated rings. The minimum Gasteiger partial charge on any atom is -0.371 e. The Hall–Kier alpha value is -1.71. The third-order valence-corrected chi connectivity index (χ3v) is 8.14. The molecule has 3 heterocycles. The first-order chi connectivity index (χ1) is 15.7. The predicted octanol–water partition coefficient (Wildman–Crippen LogP) is 0.509. The van der Waals surface area contributed by atoms with Gasteiger partial charge in [0.1, 0.15) is 12.3 Å². The zero-order valence-electron chi connectivity index (χ0n) is 17.1. The normalized spacial score (nSPS) is 24.6. The summed E-state index contributed by atoms with van der Waals surface area (Å²) in [7, 11) is -16.5. The molecule has 5 atom stereocenters. The molecule has 3 rings (SSSR count). The molecule has 17 nitrogen and oxygen atoms in total. The standard InChI is InChI=1S/C14H21N4O13P3/c1-2-5-27-9-6-11(18-4-3-8-12(18)16-14(15)17-13(8)19)29-10(9)7-28-33(23,24)31-34(25,26)30-32(20,21)22/h2-4,9-11H,1,5-7H2,(H,23,24)(H,25,26)(H2,20,21,22)(H3,15,16,17,19)/t9?,10-,11-/m1/s1. The maximum Gasteiger partial charge on any atom is 0.490 e. The van der Waals surface area contributed by atoms with Gasteiger partial charge in [-0.15, -0.1) is 6.58 Å². The minimum absolute atomic E-state index is 0.0732. The molecule has 0 amide bonds. The summed E-state index contributed by atoms with van der Waals surface area (Å²) in [5.74, 6) is -0.126. The molecule has 2 aromatic rings. The van der Waals surface area contributed by atoms with Crippen LogP contribution in [0.2, 0.25) is 0 Å². The quantitative estimate of drug-likeness (QED) is 0.166. The average molecular weight is 546 g/mol. The topological polar surface area (TPSA) is 255 Å². The van der Waals surface area contributed by atoms with Crippen LogP contribution in [0, 0.1) is 0 Å². The van der Waals surface area contributed by atoms with E-state index in [0.717, 1.165) is 0 Å². The van der Waals surface area contributed by atoms with E-state index in [2.05, 4.69) is 29.7 Å². The molecule has 0 spiro atoms. The van der Waals surface area contributed by atoms with Crippen molar-refractivity contribution in [2.75, 3.05) is 18.9 Å². The van der Waals surface area contributed by atoms with Crippen LogP contribution in [0.15, 0.2) is 29.7 Å². The summed E-state index contributed by atoms with van der Waals surface area (Å²) >= 11 is 0. The fraction of sp³-hybridized carbons (Fsp3) is 0.429. The highest BCUT2D eigenvalue weighted by Gasteiger charge is 2.43. The Morgan fingerprint density at radius 1 is 1.26 bits per heavy atom. The molecule has 34 heavy (non-hydrogen) atoms. The molecule has 0 aromatic carbocycles. The number of rotatable bonds is 11. The Bertz CT molecular complexity index is 1260. The molecule has 1 aliphatic heterocycles. The second kappa shape index (κ2) is 10.1. The van der Waals surface area contributed by atoms with Gasteiger partial charge in [-0.3, -0.25) is 14.3 Å². The Labute approximate surface area is 190 Å². The van der Waals surface area contributed by atoms with Gasteiger partial charge in [0, 0.05) is 12.6 Å². The zero-order chi connectivity index (χ0) is 25.3. The number of nitrogens with zero attached hydrogens (tertiary/aromatic N) is 2. The van der Waals surface area contributed by atoms with Gasteiger partial charge in [-0.25, -0.2) is 13.7 Å². The van der Waals surface area contributed by atoms with E-state index in [4.69, 9.17) is 25.0 Å². The van der Waals surface area contributed by atoms with E-state index in [0.29, 0.717) is 0 Å². The molecule has 20 heteroatoms. The van der Waals surface area contributed by atoms with Crippen LogP contribution in [-0.4, -0.2) is 59.5 Å². The van der Waals surface area contributed by atoms with E-state index in [-0.39, 0.29) is 30.0 Å². The van der Waals surface area contributed by atoms with Gasteiger partial charge < -0.3 is 39.3 Å². The second-order valence-electron chi connectivity index (χ2n) is 6.82. The molecule has 0 aliphatic carbocycles. The van der Waals surface area contributed by atoms with E-state index < -0.39 is 54.1 Å². The van der Waals surface area contributed by atoms with Crippen molar-refractivity contribution in [3.63, 3.8) is 0 Å². The van der Waals surface area contributed by atoms with Crippen LogP contribution in [0.3, 0.4) is 0 Å². The van der Waals surface area contributed by atoms with Crippen LogP contribution in [0.1, 0.15) is 12.6 Å². The van der Waals surface area contributed by atoms with E-state index in [1.54, 1.807) is 0 Å². The van der Waals surface area contributed by atoms with Crippen molar-refractivity contribution < 1.29 is 55.9 Å². The minimum atomic E-state index is -5.66. The van der Waals surface area contributed by atoms with Gasteiger partial charge in [0.15, 0.2) is 5.65 Å². The van der Waals surface area contributed by atoms with Crippen LogP contribution in [0.4, 0.5) is 5.95 Å². The van der Waals surface area contributed by atoms with E-state index >= 15 is 0 Å². The molecule has 3 unspecified atom stereocenters. The number of hydrogen-bond donors (Lipinski definition) is 6. The molecular formula is C14H21N4O13P3. The number of ether oxygens (including phenoxy) is 2. The van der Waals surface area contributed by atoms with Gasteiger partial charge in [0.25, 0.3) is 5.56 Å². The fourth-order valence-corrected chi connectivity index (χ4v) is 6.18. The molecule has 1 aliphatic rings. The van der Waals surface area contributed by atoms with Gasteiger partial charge in [0.2, 0.25) is 5.95 Å². The van der Waals surface area contributed by atoms with Crippen LogP contribution in [-0.2, 0) is 36.3 Å². The first kappa shape index (κ1) is 26.9. The van der Waals surface area contributed by atoms with Crippen molar-refractivity contribution >= 4 is 40.4 Å². The number of aromatic amines is 1. The van der Waals surface area contributed by atoms with Crippen LogP contribution >= 0.6 is 23.5 Å². The molecule has 7 N–H and O–H groups in total. The van der Waals surface area contributed by atoms with E-state index in [1.807, 2.05) is 0 Å². The lowest BCUT2D eigenvalue weighted by atomic mass is 10.2. The first-order valence-electron chi connectivity index (χ1n) is 9.22. The third-order valence-electron chi connectivity index (χ3n) is 4.34. The van der Waals surface area contributed by atoms with Gasteiger partial charge in [-0.2, -0.15) is 13.6 Å². The van der Waals surface area contributed by atoms with Crippen molar-refractivity contribution in [3.8, 4) is 0 Å². The van der Waals surface area contributed by atoms with Crippen molar-refractivity contribution in [2.24, 2.45) is 0 Å². The van der Waals surface area contributed by atoms with Gasteiger partial charge >= 0.3 is 23.5 Å². The number of nitrogen functional groups attached to an aromatic ring is 1. The summed E-state index contributed by atoms with van der Waals surface area (Å²) in [5.41, 5.74) is 5.35. The molecule has 1 saturated heterocycles. The predicted molar refractivity (Wildman–Crippen MR) is 113 cm³/mol. The molecule has 190 valence electrons.